The second kappa shape index (κ2) is 7.65. The Hall–Kier alpha value is -2.10. The van der Waals surface area contributed by atoms with Gasteiger partial charge in [-0.05, 0) is 29.6 Å². The van der Waals surface area contributed by atoms with Gasteiger partial charge in [0.2, 0.25) is 11.0 Å². The molecule has 9 heteroatoms. The maximum absolute atomic E-state index is 12.0. The third-order valence-corrected chi connectivity index (χ3v) is 5.00. The number of nitrogens with zero attached hydrogens (tertiary/aromatic N) is 2. The summed E-state index contributed by atoms with van der Waals surface area (Å²) in [5.41, 5.74) is 1.45. The van der Waals surface area contributed by atoms with Gasteiger partial charge in [-0.15, -0.1) is 10.2 Å². The van der Waals surface area contributed by atoms with E-state index in [-0.39, 0.29) is 18.4 Å². The molecule has 2 amide bonds. The number of hydrogen-bond acceptors (Lipinski definition) is 6. The van der Waals surface area contributed by atoms with Crippen molar-refractivity contribution >= 4 is 55.5 Å². The van der Waals surface area contributed by atoms with Gasteiger partial charge in [-0.3, -0.25) is 14.9 Å². The van der Waals surface area contributed by atoms with Crippen LogP contribution in [0, 0.1) is 0 Å². The summed E-state index contributed by atoms with van der Waals surface area (Å²) in [6.07, 6.45) is 0. The van der Waals surface area contributed by atoms with Crippen molar-refractivity contribution < 1.29 is 9.59 Å². The second-order valence-electron chi connectivity index (χ2n) is 4.67. The summed E-state index contributed by atoms with van der Waals surface area (Å²) in [7, 11) is 0. The summed E-state index contributed by atoms with van der Waals surface area (Å²) in [4.78, 5) is 23.9. The molecular formula is C15H11BrN4O2S2. The smallest absolute Gasteiger partial charge is 0.251 e. The first-order chi connectivity index (χ1) is 11.6. The Morgan fingerprint density at radius 2 is 2.08 bits per heavy atom. The number of halogens is 1. The molecule has 0 spiro atoms. The van der Waals surface area contributed by atoms with Gasteiger partial charge in [0, 0.05) is 21.0 Å². The summed E-state index contributed by atoms with van der Waals surface area (Å²) < 4.78 is 0.800. The van der Waals surface area contributed by atoms with Gasteiger partial charge in [-0.25, -0.2) is 0 Å². The van der Waals surface area contributed by atoms with Crippen molar-refractivity contribution in [2.24, 2.45) is 0 Å². The van der Waals surface area contributed by atoms with Gasteiger partial charge in [-0.2, -0.15) is 11.3 Å². The van der Waals surface area contributed by atoms with Gasteiger partial charge in [0.05, 0.1) is 6.54 Å². The quantitative estimate of drug-likeness (QED) is 0.659. The van der Waals surface area contributed by atoms with E-state index in [4.69, 9.17) is 0 Å². The number of benzene rings is 1. The summed E-state index contributed by atoms with van der Waals surface area (Å²) >= 11 is 6.15. The minimum atomic E-state index is -0.355. The monoisotopic (exact) mass is 422 g/mol. The number of rotatable bonds is 5. The standard InChI is InChI=1S/C15H11BrN4O2S2/c16-11-3-1-2-9(6-11)13(22)17-7-12(21)18-15-20-19-14(24-15)10-4-5-23-8-10/h1-6,8H,7H2,(H,17,22)(H,18,20,21). The van der Waals surface area contributed by atoms with E-state index in [0.717, 1.165) is 15.0 Å². The number of amides is 2. The maximum atomic E-state index is 12.0. The molecule has 0 aliphatic rings. The predicted octanol–water partition coefficient (Wildman–Crippen LogP) is 3.40. The molecule has 0 aliphatic heterocycles. The number of nitrogens with one attached hydrogen (secondary N) is 2. The highest BCUT2D eigenvalue weighted by molar-refractivity contribution is 9.10. The van der Waals surface area contributed by atoms with Crippen LogP contribution >= 0.6 is 38.6 Å². The summed E-state index contributed by atoms with van der Waals surface area (Å²) in [5.74, 6) is -0.672. The molecule has 2 heterocycles. The summed E-state index contributed by atoms with van der Waals surface area (Å²) in [6.45, 7) is -0.140. The average Bonchev–Trinajstić information content (AvgIpc) is 3.23. The lowest BCUT2D eigenvalue weighted by atomic mass is 10.2. The van der Waals surface area contributed by atoms with Gasteiger partial charge < -0.3 is 5.32 Å². The summed E-state index contributed by atoms with van der Waals surface area (Å²) in [6, 6.07) is 8.88. The zero-order valence-corrected chi connectivity index (χ0v) is 15.4. The average molecular weight is 423 g/mol. The number of thiophene rings is 1. The Bertz CT molecular complexity index is 864. The molecule has 3 rings (SSSR count). The van der Waals surface area contributed by atoms with Crippen LogP contribution in [0.1, 0.15) is 10.4 Å². The van der Waals surface area contributed by atoms with Crippen LogP contribution in [0.5, 0.6) is 0 Å². The van der Waals surface area contributed by atoms with Crippen LogP contribution in [0.15, 0.2) is 45.6 Å². The molecule has 0 atom stereocenters. The van der Waals surface area contributed by atoms with Crippen molar-refractivity contribution in [1.82, 2.24) is 15.5 Å². The first-order valence-corrected chi connectivity index (χ1v) is 9.37. The molecule has 2 N–H and O–H groups in total. The van der Waals surface area contributed by atoms with Crippen LogP contribution in [-0.2, 0) is 4.79 Å². The van der Waals surface area contributed by atoms with E-state index in [2.05, 4.69) is 36.8 Å². The van der Waals surface area contributed by atoms with Gasteiger partial charge in [0.15, 0.2) is 0 Å². The zero-order chi connectivity index (χ0) is 16.9. The minimum absolute atomic E-state index is 0.140. The van der Waals surface area contributed by atoms with Crippen LogP contribution in [0.25, 0.3) is 10.6 Å². The van der Waals surface area contributed by atoms with Crippen molar-refractivity contribution in [3.05, 3.63) is 51.1 Å². The lowest BCUT2D eigenvalue weighted by molar-refractivity contribution is -0.115. The minimum Gasteiger partial charge on any atom is -0.343 e. The molecule has 6 nitrogen and oxygen atoms in total. The molecule has 24 heavy (non-hydrogen) atoms. The molecule has 0 saturated heterocycles. The van der Waals surface area contributed by atoms with Crippen molar-refractivity contribution in [3.63, 3.8) is 0 Å². The van der Waals surface area contributed by atoms with Gasteiger partial charge in [0.25, 0.3) is 5.91 Å². The van der Waals surface area contributed by atoms with Crippen LogP contribution in [0.2, 0.25) is 0 Å². The van der Waals surface area contributed by atoms with E-state index in [9.17, 15) is 9.59 Å². The Labute approximate surface area is 154 Å². The number of anilines is 1. The van der Waals surface area contributed by atoms with Crippen molar-refractivity contribution in [1.29, 1.82) is 0 Å². The molecule has 0 saturated carbocycles. The second-order valence-corrected chi connectivity index (χ2v) is 7.34. The SMILES string of the molecule is O=C(CNC(=O)c1cccc(Br)c1)Nc1nnc(-c2ccsc2)s1. The van der Waals surface area contributed by atoms with Crippen LogP contribution in [-0.4, -0.2) is 28.6 Å². The lowest BCUT2D eigenvalue weighted by Gasteiger charge is -2.05. The molecule has 0 radical (unpaired) electrons. The number of hydrogen-bond donors (Lipinski definition) is 2. The molecule has 1 aromatic carbocycles. The van der Waals surface area contributed by atoms with E-state index in [1.165, 1.54) is 11.3 Å². The Morgan fingerprint density at radius 3 is 2.83 bits per heavy atom. The highest BCUT2D eigenvalue weighted by Crippen LogP contribution is 2.27. The van der Waals surface area contributed by atoms with Crippen molar-refractivity contribution in [3.8, 4) is 10.6 Å². The Kier molecular flexibility index (Phi) is 5.34. The largest absolute Gasteiger partial charge is 0.343 e. The van der Waals surface area contributed by atoms with Crippen LogP contribution in [0.3, 0.4) is 0 Å². The van der Waals surface area contributed by atoms with Gasteiger partial charge in [0.1, 0.15) is 5.01 Å². The highest BCUT2D eigenvalue weighted by Gasteiger charge is 2.12. The molecule has 0 unspecified atom stereocenters. The maximum Gasteiger partial charge on any atom is 0.251 e. The van der Waals surface area contributed by atoms with E-state index in [0.29, 0.717) is 10.7 Å². The predicted molar refractivity (Wildman–Crippen MR) is 98.3 cm³/mol. The molecule has 2 aromatic heterocycles. The fraction of sp³-hybridized carbons (Fsp3) is 0.0667. The molecule has 122 valence electrons. The topological polar surface area (TPSA) is 84.0 Å². The van der Waals surface area contributed by atoms with E-state index < -0.39 is 0 Å². The first kappa shape index (κ1) is 16.7. The third-order valence-electron chi connectivity index (χ3n) is 2.94. The number of aromatic nitrogens is 2. The normalized spacial score (nSPS) is 10.4. The zero-order valence-electron chi connectivity index (χ0n) is 12.2. The fourth-order valence-corrected chi connectivity index (χ4v) is 3.70. The first-order valence-electron chi connectivity index (χ1n) is 6.81. The Balaban J connectivity index is 1.53. The summed E-state index contributed by atoms with van der Waals surface area (Å²) in [5, 5.41) is 18.2. The number of carbonyl (C=O) groups is 2. The molecule has 3 aromatic rings. The fourth-order valence-electron chi connectivity index (χ4n) is 1.83. The molecular weight excluding hydrogens is 412 g/mol. The van der Waals surface area contributed by atoms with Gasteiger partial charge >= 0.3 is 0 Å². The van der Waals surface area contributed by atoms with E-state index in [1.54, 1.807) is 29.5 Å². The van der Waals surface area contributed by atoms with Crippen molar-refractivity contribution in [2.75, 3.05) is 11.9 Å². The molecule has 0 aliphatic carbocycles. The van der Waals surface area contributed by atoms with Crippen LogP contribution in [0.4, 0.5) is 5.13 Å². The third kappa shape index (κ3) is 4.25. The van der Waals surface area contributed by atoms with E-state index >= 15 is 0 Å². The van der Waals surface area contributed by atoms with E-state index in [1.807, 2.05) is 22.9 Å². The lowest BCUT2D eigenvalue weighted by Crippen LogP contribution is -2.32. The van der Waals surface area contributed by atoms with Crippen LogP contribution < -0.4 is 10.6 Å². The molecule has 0 bridgehead atoms. The highest BCUT2D eigenvalue weighted by atomic mass is 79.9. The van der Waals surface area contributed by atoms with Crippen molar-refractivity contribution in [2.45, 2.75) is 0 Å². The Morgan fingerprint density at radius 1 is 1.21 bits per heavy atom. The molecule has 0 fully saturated rings. The van der Waals surface area contributed by atoms with Gasteiger partial charge in [-0.1, -0.05) is 33.3 Å². The number of carbonyl (C=O) groups excluding carboxylic acids is 2.